The van der Waals surface area contributed by atoms with Gasteiger partial charge in [0.05, 0.1) is 11.0 Å². The minimum absolute atomic E-state index is 0.580. The molecule has 9 aromatic carbocycles. The van der Waals surface area contributed by atoms with Crippen molar-refractivity contribution in [2.75, 3.05) is 0 Å². The van der Waals surface area contributed by atoms with Gasteiger partial charge in [-0.3, -0.25) is 4.57 Å². The van der Waals surface area contributed by atoms with Crippen LogP contribution >= 0.6 is 0 Å². The predicted octanol–water partition coefficient (Wildman–Crippen LogP) is 13.1. The summed E-state index contributed by atoms with van der Waals surface area (Å²) >= 11 is 0. The van der Waals surface area contributed by atoms with Crippen LogP contribution in [0.1, 0.15) is 0 Å². The van der Waals surface area contributed by atoms with Crippen LogP contribution < -0.4 is 0 Å². The van der Waals surface area contributed by atoms with Gasteiger partial charge >= 0.3 is 0 Å². The fraction of sp³-hybridized carbons (Fsp3) is 0. The van der Waals surface area contributed by atoms with Crippen molar-refractivity contribution >= 4 is 54.1 Å². The van der Waals surface area contributed by atoms with Crippen molar-refractivity contribution in [3.8, 4) is 51.0 Å². The van der Waals surface area contributed by atoms with Crippen LogP contribution in [0.4, 0.5) is 0 Å². The maximum absolute atomic E-state index is 5.19. The summed E-state index contributed by atoms with van der Waals surface area (Å²) in [6.07, 6.45) is 0. The van der Waals surface area contributed by atoms with E-state index in [0.29, 0.717) is 17.6 Å². The number of para-hydroxylation sites is 2. The number of fused-ring (bicyclic) bond motifs is 9. The van der Waals surface area contributed by atoms with Crippen LogP contribution in [0.3, 0.4) is 0 Å². The zero-order valence-electron chi connectivity index (χ0n) is 29.8. The first-order chi connectivity index (χ1) is 27.3. The van der Waals surface area contributed by atoms with E-state index >= 15 is 0 Å². The zero-order valence-corrected chi connectivity index (χ0v) is 29.8. The summed E-state index contributed by atoms with van der Waals surface area (Å²) in [6, 6.07) is 68.8. The van der Waals surface area contributed by atoms with E-state index < -0.39 is 0 Å². The molecule has 4 nitrogen and oxygen atoms in total. The Bertz CT molecular complexity index is 3160. The Hall–Kier alpha value is -7.43. The van der Waals surface area contributed by atoms with Gasteiger partial charge < -0.3 is 0 Å². The molecule has 0 unspecified atom stereocenters. The molecule has 0 atom stereocenters. The molecule has 11 aromatic rings. The highest BCUT2D eigenvalue weighted by Crippen LogP contribution is 2.41. The van der Waals surface area contributed by atoms with Crippen LogP contribution in [0.5, 0.6) is 0 Å². The molecule has 0 aliphatic rings. The first kappa shape index (κ1) is 31.1. The first-order valence-corrected chi connectivity index (χ1v) is 18.6. The SMILES string of the molecule is c1ccc(-c2nc(-c3ccccc3)nc(-n3c4ccccc4c4cccc(-c5cccc(-c6ccc7c8ccccc8c8ccccc8c7c6)c5)c43)n2)cc1. The van der Waals surface area contributed by atoms with Crippen LogP contribution in [0.25, 0.3) is 105 Å². The lowest BCUT2D eigenvalue weighted by Crippen LogP contribution is -2.06. The molecule has 0 bridgehead atoms. The highest BCUT2D eigenvalue weighted by atomic mass is 15.2. The standard InChI is InChI=1S/C51H32N4/c1-3-15-33(16-4-1)49-52-50(34-17-5-2-6-18-34)54-51(53-49)55-47-28-12-11-25-44(47)45-27-14-26-38(48(45)55)37-20-13-19-35(31-37)36-29-30-43-41-23-8-7-21-39(41)40-22-9-10-24-42(40)46(43)32-36/h1-32H. The van der Waals surface area contributed by atoms with Crippen molar-refractivity contribution in [3.63, 3.8) is 0 Å². The van der Waals surface area contributed by atoms with Gasteiger partial charge in [-0.15, -0.1) is 0 Å². The Morgan fingerprint density at radius 2 is 0.764 bits per heavy atom. The lowest BCUT2D eigenvalue weighted by atomic mass is 9.91. The van der Waals surface area contributed by atoms with Crippen molar-refractivity contribution in [2.45, 2.75) is 0 Å². The monoisotopic (exact) mass is 700 g/mol. The number of benzene rings is 9. The second-order valence-corrected chi connectivity index (χ2v) is 14.0. The molecular formula is C51H32N4. The second kappa shape index (κ2) is 12.6. The number of hydrogen-bond acceptors (Lipinski definition) is 3. The van der Waals surface area contributed by atoms with E-state index in [1.54, 1.807) is 0 Å². The van der Waals surface area contributed by atoms with Crippen molar-refractivity contribution in [1.82, 2.24) is 19.5 Å². The van der Waals surface area contributed by atoms with Crippen molar-refractivity contribution in [3.05, 3.63) is 194 Å². The Labute approximate surface area is 317 Å². The third-order valence-corrected chi connectivity index (χ3v) is 10.8. The number of aromatic nitrogens is 4. The summed E-state index contributed by atoms with van der Waals surface area (Å²) in [5.74, 6) is 1.84. The molecule has 0 amide bonds. The summed E-state index contributed by atoms with van der Waals surface area (Å²) < 4.78 is 2.22. The van der Waals surface area contributed by atoms with Gasteiger partial charge in [-0.1, -0.05) is 176 Å². The van der Waals surface area contributed by atoms with E-state index in [2.05, 4.69) is 162 Å². The van der Waals surface area contributed by atoms with Gasteiger partial charge in [0.15, 0.2) is 11.6 Å². The highest BCUT2D eigenvalue weighted by Gasteiger charge is 2.21. The molecule has 2 heterocycles. The van der Waals surface area contributed by atoms with Gasteiger partial charge in [0.25, 0.3) is 0 Å². The highest BCUT2D eigenvalue weighted by molar-refractivity contribution is 6.25. The van der Waals surface area contributed by atoms with Crippen LogP contribution in [0.2, 0.25) is 0 Å². The molecule has 0 fully saturated rings. The molecule has 256 valence electrons. The second-order valence-electron chi connectivity index (χ2n) is 14.0. The molecule has 0 saturated carbocycles. The van der Waals surface area contributed by atoms with E-state index in [0.717, 1.165) is 49.6 Å². The van der Waals surface area contributed by atoms with Gasteiger partial charge in [-0.05, 0) is 67.2 Å². The molecule has 2 aromatic heterocycles. The van der Waals surface area contributed by atoms with Gasteiger partial charge in [0.1, 0.15) is 0 Å². The quantitative estimate of drug-likeness (QED) is 0.168. The fourth-order valence-electron chi connectivity index (χ4n) is 8.31. The summed E-state index contributed by atoms with van der Waals surface area (Å²) in [4.78, 5) is 15.4. The molecule has 55 heavy (non-hydrogen) atoms. The normalized spacial score (nSPS) is 11.6. The average Bonchev–Trinajstić information content (AvgIpc) is 3.61. The maximum atomic E-state index is 5.19. The molecule has 4 heteroatoms. The zero-order chi connectivity index (χ0) is 36.3. The van der Waals surface area contributed by atoms with Gasteiger partial charge in [0, 0.05) is 27.5 Å². The Balaban J connectivity index is 1.14. The van der Waals surface area contributed by atoms with Crippen LogP contribution in [0.15, 0.2) is 194 Å². The predicted molar refractivity (Wildman–Crippen MR) is 228 cm³/mol. The minimum atomic E-state index is 0.580. The Kier molecular flexibility index (Phi) is 7.14. The largest absolute Gasteiger partial charge is 0.277 e. The smallest absolute Gasteiger partial charge is 0.238 e. The van der Waals surface area contributed by atoms with E-state index in [9.17, 15) is 0 Å². The topological polar surface area (TPSA) is 43.6 Å². The third kappa shape index (κ3) is 5.11. The lowest BCUT2D eigenvalue weighted by molar-refractivity contribution is 0.954. The van der Waals surface area contributed by atoms with Gasteiger partial charge in [0.2, 0.25) is 5.95 Å². The van der Waals surface area contributed by atoms with Gasteiger partial charge in [-0.2, -0.15) is 9.97 Å². The summed E-state index contributed by atoms with van der Waals surface area (Å²) in [5, 5.41) is 9.93. The minimum Gasteiger partial charge on any atom is -0.277 e. The molecule has 0 saturated heterocycles. The maximum Gasteiger partial charge on any atom is 0.238 e. The van der Waals surface area contributed by atoms with E-state index in [-0.39, 0.29) is 0 Å². The van der Waals surface area contributed by atoms with Crippen LogP contribution in [-0.4, -0.2) is 19.5 Å². The molecule has 0 aliphatic carbocycles. The molecule has 0 N–H and O–H groups in total. The number of hydrogen-bond donors (Lipinski definition) is 0. The Morgan fingerprint density at radius 1 is 0.291 bits per heavy atom. The van der Waals surface area contributed by atoms with Crippen LogP contribution in [-0.2, 0) is 0 Å². The first-order valence-electron chi connectivity index (χ1n) is 18.6. The van der Waals surface area contributed by atoms with Crippen molar-refractivity contribution in [2.24, 2.45) is 0 Å². The number of nitrogens with zero attached hydrogens (tertiary/aromatic N) is 4. The summed E-state index contributed by atoms with van der Waals surface area (Å²) in [5.41, 5.74) is 8.54. The molecular weight excluding hydrogens is 669 g/mol. The van der Waals surface area contributed by atoms with Gasteiger partial charge in [-0.25, -0.2) is 4.98 Å². The lowest BCUT2D eigenvalue weighted by Gasteiger charge is -2.14. The van der Waals surface area contributed by atoms with E-state index in [1.165, 1.54) is 37.9 Å². The number of rotatable bonds is 5. The third-order valence-electron chi connectivity index (χ3n) is 10.8. The summed E-state index contributed by atoms with van der Waals surface area (Å²) in [7, 11) is 0. The summed E-state index contributed by atoms with van der Waals surface area (Å²) in [6.45, 7) is 0. The van der Waals surface area contributed by atoms with Crippen molar-refractivity contribution in [1.29, 1.82) is 0 Å². The Morgan fingerprint density at radius 3 is 1.42 bits per heavy atom. The average molecular weight is 701 g/mol. The van der Waals surface area contributed by atoms with E-state index in [1.807, 2.05) is 36.4 Å². The molecule has 11 rings (SSSR count). The molecule has 0 spiro atoms. The molecule has 0 aliphatic heterocycles. The molecule has 0 radical (unpaired) electrons. The fourth-order valence-corrected chi connectivity index (χ4v) is 8.31. The van der Waals surface area contributed by atoms with Crippen LogP contribution in [0, 0.1) is 0 Å². The van der Waals surface area contributed by atoms with E-state index in [4.69, 9.17) is 15.0 Å². The van der Waals surface area contributed by atoms with Crippen molar-refractivity contribution < 1.29 is 0 Å².